The van der Waals surface area contributed by atoms with Crippen LogP contribution in [0.4, 0.5) is 5.69 Å². The fourth-order valence-corrected chi connectivity index (χ4v) is 3.85. The molecule has 0 unspecified atom stereocenters. The zero-order valence-electron chi connectivity index (χ0n) is 18.6. The third-order valence-corrected chi connectivity index (χ3v) is 5.99. The quantitative estimate of drug-likeness (QED) is 0.386. The lowest BCUT2D eigenvalue weighted by Gasteiger charge is -2.19. The number of hydrogen-bond donors (Lipinski definition) is 2. The van der Waals surface area contributed by atoms with E-state index < -0.39 is 0 Å². The average molecular weight is 476 g/mol. The Balaban J connectivity index is 1.68. The van der Waals surface area contributed by atoms with Crippen LogP contribution < -0.4 is 20.6 Å². The third kappa shape index (κ3) is 5.28. The van der Waals surface area contributed by atoms with Crippen molar-refractivity contribution in [3.8, 4) is 22.9 Å². The largest absolute Gasteiger partial charge is 0.495 e. The molecule has 8 nitrogen and oxygen atoms in total. The minimum atomic E-state index is -0.267. The first kappa shape index (κ1) is 23.7. The number of amides is 1. The molecule has 3 N–H and O–H groups in total. The van der Waals surface area contributed by atoms with E-state index in [1.54, 1.807) is 12.1 Å². The third-order valence-electron chi connectivity index (χ3n) is 4.75. The van der Waals surface area contributed by atoms with Gasteiger partial charge < -0.3 is 20.6 Å². The number of benzene rings is 2. The van der Waals surface area contributed by atoms with Crippen LogP contribution in [0.2, 0.25) is 5.02 Å². The average Bonchev–Trinajstić information content (AvgIpc) is 3.13. The number of nitrogen functional groups attached to an aromatic ring is 1. The molecule has 2 aromatic carbocycles. The van der Waals surface area contributed by atoms with Gasteiger partial charge in [0.25, 0.3) is 0 Å². The molecule has 0 atom stereocenters. The number of carbonyl (C=O) groups excluding carboxylic acids is 1. The van der Waals surface area contributed by atoms with Crippen molar-refractivity contribution in [1.82, 2.24) is 14.9 Å². The maximum absolute atomic E-state index is 12.5. The highest BCUT2D eigenvalue weighted by Crippen LogP contribution is 2.36. The summed E-state index contributed by atoms with van der Waals surface area (Å²) < 4.78 is 11.9. The van der Waals surface area contributed by atoms with Gasteiger partial charge in [0.1, 0.15) is 11.5 Å². The number of halogens is 1. The van der Waals surface area contributed by atoms with E-state index in [0.29, 0.717) is 33.2 Å². The molecule has 0 saturated carbocycles. The van der Waals surface area contributed by atoms with E-state index in [1.807, 2.05) is 12.1 Å². The Morgan fingerprint density at radius 3 is 2.38 bits per heavy atom. The van der Waals surface area contributed by atoms with Gasteiger partial charge in [-0.05, 0) is 11.0 Å². The molecule has 1 amide bonds. The maximum Gasteiger partial charge on any atom is 0.234 e. The molecule has 0 radical (unpaired) electrons. The molecule has 1 aromatic heterocycles. The zero-order valence-corrected chi connectivity index (χ0v) is 20.2. The van der Waals surface area contributed by atoms with Crippen LogP contribution in [-0.4, -0.2) is 40.8 Å². The highest BCUT2D eigenvalue weighted by atomic mass is 35.5. The summed E-state index contributed by atoms with van der Waals surface area (Å²) in [7, 11) is 2.99. The van der Waals surface area contributed by atoms with E-state index in [-0.39, 0.29) is 17.1 Å². The SMILES string of the molecule is COc1cc(NC(=O)CSc2nnc(-c3ccc(C(C)(C)C)cc3)n2N)c(OC)cc1Cl. The summed E-state index contributed by atoms with van der Waals surface area (Å²) >= 11 is 7.28. The van der Waals surface area contributed by atoms with E-state index in [9.17, 15) is 4.79 Å². The van der Waals surface area contributed by atoms with Gasteiger partial charge in [0.2, 0.25) is 11.1 Å². The van der Waals surface area contributed by atoms with Gasteiger partial charge in [-0.1, -0.05) is 68.4 Å². The Bertz CT molecular complexity index is 1110. The molecule has 0 aliphatic heterocycles. The van der Waals surface area contributed by atoms with Crippen LogP contribution in [0.1, 0.15) is 26.3 Å². The Kier molecular flexibility index (Phi) is 7.20. The van der Waals surface area contributed by atoms with E-state index in [1.165, 1.54) is 36.2 Å². The van der Waals surface area contributed by atoms with Crippen LogP contribution in [0.5, 0.6) is 11.5 Å². The molecule has 32 heavy (non-hydrogen) atoms. The monoisotopic (exact) mass is 475 g/mol. The molecule has 0 aliphatic carbocycles. The molecule has 1 heterocycles. The van der Waals surface area contributed by atoms with Gasteiger partial charge >= 0.3 is 0 Å². The normalized spacial score (nSPS) is 11.3. The first-order chi connectivity index (χ1) is 15.1. The van der Waals surface area contributed by atoms with Crippen molar-refractivity contribution in [3.05, 3.63) is 47.0 Å². The lowest BCUT2D eigenvalue weighted by molar-refractivity contribution is -0.113. The predicted molar refractivity (Wildman–Crippen MR) is 128 cm³/mol. The van der Waals surface area contributed by atoms with Crippen molar-refractivity contribution in [2.45, 2.75) is 31.3 Å². The number of nitrogens with one attached hydrogen (secondary N) is 1. The first-order valence-electron chi connectivity index (χ1n) is 9.79. The van der Waals surface area contributed by atoms with Crippen molar-refractivity contribution < 1.29 is 14.3 Å². The summed E-state index contributed by atoms with van der Waals surface area (Å²) in [5.74, 6) is 7.38. The van der Waals surface area contributed by atoms with Gasteiger partial charge in [0.05, 0.1) is 30.7 Å². The topological polar surface area (TPSA) is 104 Å². The second-order valence-corrected chi connectivity index (χ2v) is 9.38. The van der Waals surface area contributed by atoms with Gasteiger partial charge in [-0.25, -0.2) is 4.68 Å². The van der Waals surface area contributed by atoms with Crippen LogP contribution in [0, 0.1) is 0 Å². The Labute approximate surface area is 196 Å². The molecule has 10 heteroatoms. The smallest absolute Gasteiger partial charge is 0.234 e. The van der Waals surface area contributed by atoms with Crippen LogP contribution >= 0.6 is 23.4 Å². The fourth-order valence-electron chi connectivity index (χ4n) is 2.97. The Morgan fingerprint density at radius 1 is 1.12 bits per heavy atom. The predicted octanol–water partition coefficient (Wildman–Crippen LogP) is 4.36. The second-order valence-electron chi connectivity index (χ2n) is 8.03. The number of methoxy groups -OCH3 is 2. The van der Waals surface area contributed by atoms with Crippen LogP contribution in [0.3, 0.4) is 0 Å². The highest BCUT2D eigenvalue weighted by molar-refractivity contribution is 7.99. The number of rotatable bonds is 7. The minimum Gasteiger partial charge on any atom is -0.495 e. The van der Waals surface area contributed by atoms with Crippen molar-refractivity contribution >= 4 is 35.0 Å². The molecule has 3 aromatic rings. The standard InChI is InChI=1S/C22H26ClN5O3S/c1-22(2,3)14-8-6-13(7-9-14)20-26-27-21(28(20)24)32-12-19(29)25-16-11-17(30-4)15(23)10-18(16)31-5/h6-11H,12,24H2,1-5H3,(H,25,29). The molecular weight excluding hydrogens is 450 g/mol. The number of nitrogens with zero attached hydrogens (tertiary/aromatic N) is 3. The number of ether oxygens (including phenoxy) is 2. The summed E-state index contributed by atoms with van der Waals surface area (Å²) in [5, 5.41) is 11.9. The molecule has 0 fully saturated rings. The van der Waals surface area contributed by atoms with Crippen LogP contribution in [0.15, 0.2) is 41.6 Å². The molecule has 0 aliphatic rings. The van der Waals surface area contributed by atoms with Gasteiger partial charge in [-0.15, -0.1) is 10.2 Å². The number of nitrogens with two attached hydrogens (primary N) is 1. The fraction of sp³-hybridized carbons (Fsp3) is 0.318. The highest BCUT2D eigenvalue weighted by Gasteiger charge is 2.18. The van der Waals surface area contributed by atoms with E-state index in [2.05, 4.69) is 48.4 Å². The van der Waals surface area contributed by atoms with E-state index >= 15 is 0 Å². The van der Waals surface area contributed by atoms with Gasteiger partial charge in [0.15, 0.2) is 5.82 Å². The molecule has 0 bridgehead atoms. The number of aromatic nitrogens is 3. The molecule has 170 valence electrons. The first-order valence-corrected chi connectivity index (χ1v) is 11.2. The van der Waals surface area contributed by atoms with Gasteiger partial charge in [-0.2, -0.15) is 0 Å². The van der Waals surface area contributed by atoms with Gasteiger partial charge in [-0.3, -0.25) is 4.79 Å². The lowest BCUT2D eigenvalue weighted by atomic mass is 9.87. The molecule has 0 saturated heterocycles. The van der Waals surface area contributed by atoms with Crippen molar-refractivity contribution in [2.24, 2.45) is 0 Å². The Morgan fingerprint density at radius 2 is 1.78 bits per heavy atom. The lowest BCUT2D eigenvalue weighted by Crippen LogP contribution is -2.17. The van der Waals surface area contributed by atoms with Crippen molar-refractivity contribution in [2.75, 3.05) is 31.1 Å². The number of carbonyl (C=O) groups is 1. The van der Waals surface area contributed by atoms with E-state index in [4.69, 9.17) is 26.9 Å². The minimum absolute atomic E-state index is 0.0556. The zero-order chi connectivity index (χ0) is 23.5. The Hall–Kier alpha value is -2.91. The molecule has 3 rings (SSSR count). The van der Waals surface area contributed by atoms with Crippen molar-refractivity contribution in [1.29, 1.82) is 0 Å². The van der Waals surface area contributed by atoms with Gasteiger partial charge in [0, 0.05) is 17.7 Å². The van der Waals surface area contributed by atoms with Crippen LogP contribution in [-0.2, 0) is 10.2 Å². The molecular formula is C22H26ClN5O3S. The summed E-state index contributed by atoms with van der Waals surface area (Å²) in [6, 6.07) is 11.2. The summed E-state index contributed by atoms with van der Waals surface area (Å²) in [4.78, 5) is 12.5. The molecule has 0 spiro atoms. The summed E-state index contributed by atoms with van der Waals surface area (Å²) in [5.41, 5.74) is 2.57. The van der Waals surface area contributed by atoms with E-state index in [0.717, 1.165) is 5.56 Å². The maximum atomic E-state index is 12.5. The number of anilines is 1. The summed E-state index contributed by atoms with van der Waals surface area (Å²) in [6.45, 7) is 6.47. The number of hydrogen-bond acceptors (Lipinski definition) is 7. The number of thioether (sulfide) groups is 1. The second kappa shape index (κ2) is 9.70. The summed E-state index contributed by atoms with van der Waals surface area (Å²) in [6.07, 6.45) is 0. The van der Waals surface area contributed by atoms with Crippen LogP contribution in [0.25, 0.3) is 11.4 Å². The van der Waals surface area contributed by atoms with Crippen molar-refractivity contribution in [3.63, 3.8) is 0 Å².